The van der Waals surface area contributed by atoms with Gasteiger partial charge in [-0.3, -0.25) is 4.79 Å². The number of carbonyl (C=O) groups is 1. The van der Waals surface area contributed by atoms with Gasteiger partial charge < -0.3 is 5.11 Å². The molecule has 0 saturated carbocycles. The number of aliphatic carboxylic acids is 1. The van der Waals surface area contributed by atoms with Crippen molar-refractivity contribution in [2.75, 3.05) is 0 Å². The fraction of sp³-hybridized carbons (Fsp3) is 0.231. The van der Waals surface area contributed by atoms with Crippen molar-refractivity contribution in [3.05, 3.63) is 52.0 Å². The second kappa shape index (κ2) is 5.62. The number of halogens is 3. The molecule has 0 aliphatic heterocycles. The van der Waals surface area contributed by atoms with Crippen LogP contribution in [0.4, 0.5) is 13.2 Å². The summed E-state index contributed by atoms with van der Waals surface area (Å²) in [5.74, 6) is -1.95. The molecule has 1 aromatic heterocycles. The first-order chi connectivity index (χ1) is 9.38. The molecule has 1 N–H and O–H groups in total. The first-order valence-electron chi connectivity index (χ1n) is 5.67. The van der Waals surface area contributed by atoms with E-state index in [1.54, 1.807) is 30.3 Å². The summed E-state index contributed by atoms with van der Waals surface area (Å²) in [6, 6.07) is 8.42. The van der Waals surface area contributed by atoms with E-state index in [-0.39, 0.29) is 6.42 Å². The zero-order valence-corrected chi connectivity index (χ0v) is 10.9. The van der Waals surface area contributed by atoms with Gasteiger partial charge in [-0.05, 0) is 5.56 Å². The Labute approximate surface area is 116 Å². The van der Waals surface area contributed by atoms with Gasteiger partial charge in [0, 0.05) is 17.5 Å². The molecular formula is C13H10F3NO2S. The Morgan fingerprint density at radius 3 is 2.45 bits per heavy atom. The van der Waals surface area contributed by atoms with Crippen molar-refractivity contribution >= 4 is 17.3 Å². The van der Waals surface area contributed by atoms with Gasteiger partial charge in [0.25, 0.3) is 0 Å². The smallest absolute Gasteiger partial charge is 0.443 e. The molecule has 0 bridgehead atoms. The van der Waals surface area contributed by atoms with E-state index < -0.39 is 23.1 Å². The molecule has 1 unspecified atom stereocenters. The maximum atomic E-state index is 12.5. The number of carboxylic acids is 1. The molecule has 2 rings (SSSR count). The molecular weight excluding hydrogens is 291 g/mol. The van der Waals surface area contributed by atoms with Gasteiger partial charge in [0.1, 0.15) is 0 Å². The molecule has 0 amide bonds. The van der Waals surface area contributed by atoms with Gasteiger partial charge >= 0.3 is 12.1 Å². The van der Waals surface area contributed by atoms with Crippen LogP contribution in [0.15, 0.2) is 36.5 Å². The van der Waals surface area contributed by atoms with Crippen LogP contribution in [0, 0.1) is 0 Å². The van der Waals surface area contributed by atoms with E-state index in [1.165, 1.54) is 0 Å². The van der Waals surface area contributed by atoms with E-state index >= 15 is 0 Å². The Hall–Kier alpha value is -1.89. The molecule has 0 aliphatic carbocycles. The monoisotopic (exact) mass is 301 g/mol. The Balaban J connectivity index is 2.22. The minimum Gasteiger partial charge on any atom is -0.481 e. The van der Waals surface area contributed by atoms with Crippen molar-refractivity contribution in [2.45, 2.75) is 18.5 Å². The summed E-state index contributed by atoms with van der Waals surface area (Å²) in [4.78, 5) is 14.9. The van der Waals surface area contributed by atoms with Crippen LogP contribution in [0.25, 0.3) is 0 Å². The molecule has 20 heavy (non-hydrogen) atoms. The standard InChI is InChI=1S/C13H10F3NO2S/c14-13(15,16)12-17-7-9(20-12)6-10(11(18)19)8-4-2-1-3-5-8/h1-5,7,10H,6H2,(H,18,19). The third-order valence-corrected chi connectivity index (χ3v) is 3.77. The zero-order valence-electron chi connectivity index (χ0n) is 10.1. The fourth-order valence-electron chi connectivity index (χ4n) is 1.77. The molecule has 7 heteroatoms. The maximum absolute atomic E-state index is 12.5. The quantitative estimate of drug-likeness (QED) is 0.939. The van der Waals surface area contributed by atoms with E-state index in [0.29, 0.717) is 21.8 Å². The average Bonchev–Trinajstić information content (AvgIpc) is 2.85. The highest BCUT2D eigenvalue weighted by Gasteiger charge is 2.35. The second-order valence-corrected chi connectivity index (χ2v) is 5.25. The highest BCUT2D eigenvalue weighted by molar-refractivity contribution is 7.11. The molecule has 1 heterocycles. The van der Waals surface area contributed by atoms with Crippen LogP contribution >= 0.6 is 11.3 Å². The number of rotatable bonds is 4. The largest absolute Gasteiger partial charge is 0.481 e. The molecule has 2 aromatic rings. The highest BCUT2D eigenvalue weighted by atomic mass is 32.1. The molecule has 0 saturated heterocycles. The summed E-state index contributed by atoms with van der Waals surface area (Å²) in [6.07, 6.45) is -3.41. The number of benzene rings is 1. The minimum atomic E-state index is -4.49. The number of aromatic nitrogens is 1. The zero-order chi connectivity index (χ0) is 14.8. The van der Waals surface area contributed by atoms with Crippen molar-refractivity contribution in [1.82, 2.24) is 4.98 Å². The molecule has 1 aromatic carbocycles. The van der Waals surface area contributed by atoms with Crippen LogP contribution in [-0.2, 0) is 17.4 Å². The average molecular weight is 301 g/mol. The number of hydrogen-bond donors (Lipinski definition) is 1. The molecule has 3 nitrogen and oxygen atoms in total. The van der Waals surface area contributed by atoms with E-state index in [4.69, 9.17) is 0 Å². The first-order valence-corrected chi connectivity index (χ1v) is 6.49. The Bertz CT molecular complexity index is 595. The van der Waals surface area contributed by atoms with Crippen LogP contribution < -0.4 is 0 Å². The maximum Gasteiger partial charge on any atom is 0.443 e. The predicted octanol–water partition coefficient (Wildman–Crippen LogP) is 3.57. The third kappa shape index (κ3) is 3.36. The molecule has 0 spiro atoms. The van der Waals surface area contributed by atoms with E-state index in [2.05, 4.69) is 4.98 Å². The van der Waals surface area contributed by atoms with E-state index in [0.717, 1.165) is 6.20 Å². The van der Waals surface area contributed by atoms with Gasteiger partial charge in [0.2, 0.25) is 0 Å². The lowest BCUT2D eigenvalue weighted by molar-refractivity contribution is -0.139. The summed E-state index contributed by atoms with van der Waals surface area (Å²) >= 11 is 0.481. The summed E-state index contributed by atoms with van der Waals surface area (Å²) < 4.78 is 37.4. The SMILES string of the molecule is O=C(O)C(Cc1cnc(C(F)(F)F)s1)c1ccccc1. The molecule has 0 radical (unpaired) electrons. The lowest BCUT2D eigenvalue weighted by atomic mass is 9.95. The van der Waals surface area contributed by atoms with Gasteiger partial charge in [0.15, 0.2) is 5.01 Å². The Morgan fingerprint density at radius 1 is 1.30 bits per heavy atom. The second-order valence-electron chi connectivity index (χ2n) is 4.14. The topological polar surface area (TPSA) is 50.2 Å². The van der Waals surface area contributed by atoms with Crippen molar-refractivity contribution in [3.8, 4) is 0 Å². The minimum absolute atomic E-state index is 0.00685. The van der Waals surface area contributed by atoms with Gasteiger partial charge in [-0.15, -0.1) is 11.3 Å². The number of alkyl halides is 3. The fourth-order valence-corrected chi connectivity index (χ4v) is 2.59. The Morgan fingerprint density at radius 2 is 1.95 bits per heavy atom. The van der Waals surface area contributed by atoms with Gasteiger partial charge in [-0.1, -0.05) is 30.3 Å². The number of nitrogens with zero attached hydrogens (tertiary/aromatic N) is 1. The lowest BCUT2D eigenvalue weighted by Gasteiger charge is -2.11. The van der Waals surface area contributed by atoms with Gasteiger partial charge in [-0.2, -0.15) is 13.2 Å². The van der Waals surface area contributed by atoms with Crippen molar-refractivity contribution in [1.29, 1.82) is 0 Å². The van der Waals surface area contributed by atoms with Gasteiger partial charge in [0.05, 0.1) is 5.92 Å². The van der Waals surface area contributed by atoms with Crippen molar-refractivity contribution < 1.29 is 23.1 Å². The lowest BCUT2D eigenvalue weighted by Crippen LogP contribution is -2.13. The van der Waals surface area contributed by atoms with Crippen molar-refractivity contribution in [3.63, 3.8) is 0 Å². The first kappa shape index (κ1) is 14.5. The summed E-state index contributed by atoms with van der Waals surface area (Å²) in [5.41, 5.74) is 0.557. The van der Waals surface area contributed by atoms with Crippen molar-refractivity contribution in [2.24, 2.45) is 0 Å². The number of thiazole rings is 1. The van der Waals surface area contributed by atoms with Crippen LogP contribution in [0.1, 0.15) is 21.4 Å². The van der Waals surface area contributed by atoms with Crippen LogP contribution in [0.5, 0.6) is 0 Å². The summed E-state index contributed by atoms with van der Waals surface area (Å²) in [7, 11) is 0. The van der Waals surface area contributed by atoms with Crippen LogP contribution in [0.2, 0.25) is 0 Å². The number of hydrogen-bond acceptors (Lipinski definition) is 3. The molecule has 1 atom stereocenters. The van der Waals surface area contributed by atoms with E-state index in [1.807, 2.05) is 0 Å². The highest BCUT2D eigenvalue weighted by Crippen LogP contribution is 2.34. The molecule has 0 aliphatic rings. The molecule has 0 fully saturated rings. The van der Waals surface area contributed by atoms with Crippen LogP contribution in [-0.4, -0.2) is 16.1 Å². The predicted molar refractivity (Wildman–Crippen MR) is 67.6 cm³/mol. The van der Waals surface area contributed by atoms with Gasteiger partial charge in [-0.25, -0.2) is 4.98 Å². The van der Waals surface area contributed by atoms with E-state index in [9.17, 15) is 23.1 Å². The third-order valence-electron chi connectivity index (χ3n) is 2.70. The summed E-state index contributed by atoms with van der Waals surface area (Å²) in [6.45, 7) is 0. The molecule has 106 valence electrons. The normalized spacial score (nSPS) is 13.2. The number of carboxylic acid groups (broad SMARTS) is 1. The summed E-state index contributed by atoms with van der Waals surface area (Å²) in [5, 5.41) is 8.26. The Kier molecular flexibility index (Phi) is 4.08. The van der Waals surface area contributed by atoms with Crippen LogP contribution in [0.3, 0.4) is 0 Å².